The summed E-state index contributed by atoms with van der Waals surface area (Å²) in [5.41, 5.74) is 1.48. The Hall–Kier alpha value is -1.91. The molecule has 1 aromatic heterocycles. The van der Waals surface area contributed by atoms with E-state index in [0.717, 1.165) is 23.3 Å². The summed E-state index contributed by atoms with van der Waals surface area (Å²) in [5.74, 6) is 0. The van der Waals surface area contributed by atoms with Crippen molar-refractivity contribution in [2.24, 2.45) is 0 Å². The fraction of sp³-hybridized carbons (Fsp3) is 0.286. The minimum Gasteiger partial charge on any atom is -0.472 e. The molecule has 0 bridgehead atoms. The molecule has 1 unspecified atom stereocenters. The smallest absolute Gasteiger partial charge is 0.416 e. The van der Waals surface area contributed by atoms with E-state index in [2.05, 4.69) is 5.32 Å². The van der Waals surface area contributed by atoms with Crippen LogP contribution in [0.25, 0.3) is 0 Å². The number of hydrogen-bond donors (Lipinski definition) is 1. The van der Waals surface area contributed by atoms with Gasteiger partial charge in [-0.1, -0.05) is 6.07 Å². The highest BCUT2D eigenvalue weighted by Crippen LogP contribution is 2.33. The van der Waals surface area contributed by atoms with E-state index in [9.17, 15) is 13.2 Å². The third-order valence-corrected chi connectivity index (χ3v) is 2.98. The second kappa shape index (κ2) is 4.99. The quantitative estimate of drug-likeness (QED) is 0.867. The summed E-state index contributed by atoms with van der Waals surface area (Å²) in [5, 5.41) is 3.07. The van der Waals surface area contributed by atoms with Gasteiger partial charge in [0.15, 0.2) is 0 Å². The topological polar surface area (TPSA) is 25.2 Å². The molecule has 1 heterocycles. The second-order valence-corrected chi connectivity index (χ2v) is 4.45. The highest BCUT2D eigenvalue weighted by atomic mass is 19.4. The SMILES string of the molecule is Cc1ccc(C(F)(F)F)cc1NC(C)c1ccoc1. The van der Waals surface area contributed by atoms with Crippen LogP contribution in [0.4, 0.5) is 18.9 Å². The van der Waals surface area contributed by atoms with Crippen LogP contribution in [-0.4, -0.2) is 0 Å². The summed E-state index contributed by atoms with van der Waals surface area (Å²) in [7, 11) is 0. The third kappa shape index (κ3) is 3.10. The standard InChI is InChI=1S/C14H14F3NO/c1-9-3-4-12(14(15,16)17)7-13(9)18-10(2)11-5-6-19-8-11/h3-8,10,18H,1-2H3. The van der Waals surface area contributed by atoms with E-state index in [-0.39, 0.29) is 6.04 Å². The number of alkyl halides is 3. The molecule has 0 aliphatic heterocycles. The van der Waals surface area contributed by atoms with Crippen LogP contribution >= 0.6 is 0 Å². The maximum Gasteiger partial charge on any atom is 0.416 e. The van der Waals surface area contributed by atoms with Gasteiger partial charge in [0.05, 0.1) is 24.1 Å². The number of anilines is 1. The Bertz CT molecular complexity index is 546. The molecule has 2 rings (SSSR count). The summed E-state index contributed by atoms with van der Waals surface area (Å²) in [6.07, 6.45) is -1.23. The molecular weight excluding hydrogens is 255 g/mol. The average molecular weight is 269 g/mol. The summed E-state index contributed by atoms with van der Waals surface area (Å²) in [6.45, 7) is 3.63. The van der Waals surface area contributed by atoms with Crippen LogP contribution in [-0.2, 0) is 6.18 Å². The highest BCUT2D eigenvalue weighted by Gasteiger charge is 2.30. The van der Waals surface area contributed by atoms with Crippen molar-refractivity contribution in [3.63, 3.8) is 0 Å². The number of rotatable bonds is 3. The van der Waals surface area contributed by atoms with Gasteiger partial charge in [-0.3, -0.25) is 0 Å². The van der Waals surface area contributed by atoms with Crippen LogP contribution in [0, 0.1) is 6.92 Å². The van der Waals surface area contributed by atoms with Crippen molar-refractivity contribution in [1.82, 2.24) is 0 Å². The van der Waals surface area contributed by atoms with Crippen molar-refractivity contribution in [3.05, 3.63) is 53.5 Å². The van der Waals surface area contributed by atoms with Gasteiger partial charge in [-0.15, -0.1) is 0 Å². The second-order valence-electron chi connectivity index (χ2n) is 4.45. The molecule has 2 nitrogen and oxygen atoms in total. The molecule has 102 valence electrons. The maximum absolute atomic E-state index is 12.7. The monoisotopic (exact) mass is 269 g/mol. The maximum atomic E-state index is 12.7. The first-order valence-corrected chi connectivity index (χ1v) is 5.84. The van der Waals surface area contributed by atoms with Crippen molar-refractivity contribution in [3.8, 4) is 0 Å². The largest absolute Gasteiger partial charge is 0.472 e. The minimum atomic E-state index is -4.33. The number of hydrogen-bond acceptors (Lipinski definition) is 2. The predicted molar refractivity (Wildman–Crippen MR) is 66.9 cm³/mol. The zero-order valence-corrected chi connectivity index (χ0v) is 10.6. The van der Waals surface area contributed by atoms with Gasteiger partial charge in [0.2, 0.25) is 0 Å². The number of nitrogens with one attached hydrogen (secondary N) is 1. The Morgan fingerprint density at radius 1 is 1.21 bits per heavy atom. The third-order valence-electron chi connectivity index (χ3n) is 2.98. The molecule has 0 saturated heterocycles. The van der Waals surface area contributed by atoms with E-state index in [0.29, 0.717) is 5.69 Å². The van der Waals surface area contributed by atoms with Crippen molar-refractivity contribution >= 4 is 5.69 Å². The Labute approximate surface area is 109 Å². The fourth-order valence-electron chi connectivity index (χ4n) is 1.79. The van der Waals surface area contributed by atoms with E-state index < -0.39 is 11.7 Å². The van der Waals surface area contributed by atoms with Crippen molar-refractivity contribution < 1.29 is 17.6 Å². The summed E-state index contributed by atoms with van der Waals surface area (Å²) >= 11 is 0. The van der Waals surface area contributed by atoms with Crippen molar-refractivity contribution in [2.75, 3.05) is 5.32 Å². The zero-order chi connectivity index (χ0) is 14.0. The molecule has 2 aromatic rings. The Balaban J connectivity index is 2.25. The van der Waals surface area contributed by atoms with Gasteiger partial charge in [-0.05, 0) is 37.6 Å². The molecule has 1 aromatic carbocycles. The number of furan rings is 1. The average Bonchev–Trinajstić information content (AvgIpc) is 2.84. The molecule has 0 saturated carbocycles. The van der Waals surface area contributed by atoms with Gasteiger partial charge in [-0.25, -0.2) is 0 Å². The van der Waals surface area contributed by atoms with E-state index in [1.54, 1.807) is 19.3 Å². The van der Waals surface area contributed by atoms with Crippen molar-refractivity contribution in [1.29, 1.82) is 0 Å². The molecular formula is C14H14F3NO. The lowest BCUT2D eigenvalue weighted by Crippen LogP contribution is -2.10. The number of aryl methyl sites for hydroxylation is 1. The molecule has 19 heavy (non-hydrogen) atoms. The molecule has 1 atom stereocenters. The van der Waals surface area contributed by atoms with Crippen LogP contribution in [0.1, 0.15) is 29.7 Å². The molecule has 0 aliphatic rings. The molecule has 0 amide bonds. The summed E-state index contributed by atoms with van der Waals surface area (Å²) < 4.78 is 43.0. The van der Waals surface area contributed by atoms with Gasteiger partial charge < -0.3 is 9.73 Å². The van der Waals surface area contributed by atoms with Crippen LogP contribution in [0.5, 0.6) is 0 Å². The van der Waals surface area contributed by atoms with Gasteiger partial charge in [0, 0.05) is 11.3 Å². The minimum absolute atomic E-state index is 0.124. The van der Waals surface area contributed by atoms with Gasteiger partial charge in [0.25, 0.3) is 0 Å². The van der Waals surface area contributed by atoms with Crippen LogP contribution in [0.15, 0.2) is 41.2 Å². The number of halogens is 3. The molecule has 5 heteroatoms. The fourth-order valence-corrected chi connectivity index (χ4v) is 1.79. The normalized spacial score (nSPS) is 13.3. The van der Waals surface area contributed by atoms with Crippen LogP contribution < -0.4 is 5.32 Å². The van der Waals surface area contributed by atoms with Gasteiger partial charge >= 0.3 is 6.18 Å². The lowest BCUT2D eigenvalue weighted by atomic mass is 10.1. The highest BCUT2D eigenvalue weighted by molar-refractivity contribution is 5.54. The van der Waals surface area contributed by atoms with Crippen molar-refractivity contribution in [2.45, 2.75) is 26.1 Å². The van der Waals surface area contributed by atoms with E-state index in [4.69, 9.17) is 4.42 Å². The molecule has 0 spiro atoms. The van der Waals surface area contributed by atoms with Gasteiger partial charge in [-0.2, -0.15) is 13.2 Å². The first-order valence-electron chi connectivity index (χ1n) is 5.84. The van der Waals surface area contributed by atoms with E-state index in [1.165, 1.54) is 12.3 Å². The lowest BCUT2D eigenvalue weighted by molar-refractivity contribution is -0.137. The summed E-state index contributed by atoms with van der Waals surface area (Å²) in [4.78, 5) is 0. The Kier molecular flexibility index (Phi) is 3.55. The lowest BCUT2D eigenvalue weighted by Gasteiger charge is -2.17. The molecule has 0 radical (unpaired) electrons. The van der Waals surface area contributed by atoms with Crippen LogP contribution in [0.2, 0.25) is 0 Å². The zero-order valence-electron chi connectivity index (χ0n) is 10.6. The van der Waals surface area contributed by atoms with E-state index >= 15 is 0 Å². The predicted octanol–water partition coefficient (Wildman–Crippen LogP) is 4.78. The molecule has 0 aliphatic carbocycles. The molecule has 1 N–H and O–H groups in total. The number of benzene rings is 1. The molecule has 0 fully saturated rings. The Morgan fingerprint density at radius 2 is 1.95 bits per heavy atom. The first-order chi connectivity index (χ1) is 8.88. The Morgan fingerprint density at radius 3 is 2.53 bits per heavy atom. The first kappa shape index (κ1) is 13.5. The van der Waals surface area contributed by atoms with E-state index in [1.807, 2.05) is 6.92 Å². The van der Waals surface area contributed by atoms with Gasteiger partial charge in [0.1, 0.15) is 0 Å². The summed E-state index contributed by atoms with van der Waals surface area (Å²) in [6, 6.07) is 5.34. The van der Waals surface area contributed by atoms with Crippen LogP contribution in [0.3, 0.4) is 0 Å².